The molecule has 13 heteroatoms. The normalized spacial score (nSPS) is 15.3. The van der Waals surface area contributed by atoms with E-state index in [0.29, 0.717) is 63.9 Å². The van der Waals surface area contributed by atoms with Gasteiger partial charge in [0.1, 0.15) is 0 Å². The Bertz CT molecular complexity index is 2210. The molecule has 246 valence electrons. The number of carbonyl (C=O) groups excluding carboxylic acids is 4. The van der Waals surface area contributed by atoms with Crippen LogP contribution in [0.4, 0.5) is 5.69 Å². The van der Waals surface area contributed by atoms with Gasteiger partial charge in [-0.3, -0.25) is 39.1 Å². The number of carbonyl (C=O) groups is 4. The van der Waals surface area contributed by atoms with E-state index in [1.807, 2.05) is 19.1 Å². The van der Waals surface area contributed by atoms with Gasteiger partial charge in [-0.05, 0) is 55.0 Å². The van der Waals surface area contributed by atoms with Crippen molar-refractivity contribution in [2.75, 3.05) is 26.2 Å². The van der Waals surface area contributed by atoms with Crippen molar-refractivity contribution in [1.29, 1.82) is 0 Å². The fraction of sp³-hybridized carbons (Fsp3) is 0.222. The lowest BCUT2D eigenvalue weighted by Gasteiger charge is -2.32. The molecule has 13 nitrogen and oxygen atoms in total. The zero-order valence-corrected chi connectivity index (χ0v) is 26.7. The molecule has 2 aliphatic rings. The average Bonchev–Trinajstić information content (AvgIpc) is 3.10. The lowest BCUT2D eigenvalue weighted by atomic mass is 9.91. The Labute approximate surface area is 280 Å². The first kappa shape index (κ1) is 31.7. The number of hydrogen-bond donors (Lipinski definition) is 2. The number of imide groups is 2. The Kier molecular flexibility index (Phi) is 8.14. The van der Waals surface area contributed by atoms with Crippen LogP contribution in [0.2, 0.25) is 0 Å². The van der Waals surface area contributed by atoms with Gasteiger partial charge in [-0.15, -0.1) is 0 Å². The Morgan fingerprint density at radius 3 is 1.69 bits per heavy atom. The number of nitrogens with zero attached hydrogens (tertiary/aromatic N) is 5. The second kappa shape index (κ2) is 12.6. The highest BCUT2D eigenvalue weighted by Crippen LogP contribution is 2.35. The number of nitrogens with one attached hydrogen (secondary N) is 2. The average molecular weight is 658 g/mol. The molecule has 4 aromatic carbocycles. The molecule has 49 heavy (non-hydrogen) atoms. The van der Waals surface area contributed by atoms with Crippen molar-refractivity contribution in [2.45, 2.75) is 25.9 Å². The number of amides is 4. The number of nitro benzene ring substituents is 1. The lowest BCUT2D eigenvalue weighted by Crippen LogP contribution is -2.51. The van der Waals surface area contributed by atoms with Gasteiger partial charge in [-0.1, -0.05) is 24.3 Å². The van der Waals surface area contributed by atoms with Crippen molar-refractivity contribution >= 4 is 50.9 Å². The summed E-state index contributed by atoms with van der Waals surface area (Å²) in [5.41, 5.74) is 1.82. The third-order valence-corrected chi connectivity index (χ3v) is 9.01. The van der Waals surface area contributed by atoms with Gasteiger partial charge in [0.2, 0.25) is 0 Å². The van der Waals surface area contributed by atoms with Crippen molar-refractivity contribution in [3.63, 3.8) is 0 Å². The van der Waals surface area contributed by atoms with Crippen LogP contribution in [0.5, 0.6) is 0 Å². The second-order valence-corrected chi connectivity index (χ2v) is 12.2. The smallest absolute Gasteiger partial charge is 0.270 e. The molecular formula is C36H31N7O6. The van der Waals surface area contributed by atoms with Crippen LogP contribution in [-0.2, 0) is 0 Å². The van der Waals surface area contributed by atoms with E-state index in [1.165, 1.54) is 17.0 Å². The predicted molar refractivity (Wildman–Crippen MR) is 181 cm³/mol. The molecule has 0 fully saturated rings. The fourth-order valence-corrected chi connectivity index (χ4v) is 6.70. The van der Waals surface area contributed by atoms with Crippen LogP contribution < -0.4 is 10.6 Å². The maximum Gasteiger partial charge on any atom is 0.270 e. The Hall–Kier alpha value is -5.92. The molecule has 2 N–H and O–H groups in total. The SMILES string of the molecule is CC(CNCCNC[C@H](C)N1C(=O)c2cccc3cc(-c4ncccn4)cc(c23)C1=O)N1C(=O)c2cccc3cc([N+](=O)[O-])cc(c23)C1=O. The van der Waals surface area contributed by atoms with E-state index in [-0.39, 0.29) is 29.6 Å². The molecule has 1 aromatic heterocycles. The van der Waals surface area contributed by atoms with E-state index in [2.05, 4.69) is 20.6 Å². The summed E-state index contributed by atoms with van der Waals surface area (Å²) in [6.07, 6.45) is 3.27. The van der Waals surface area contributed by atoms with Crippen LogP contribution in [0.3, 0.4) is 0 Å². The summed E-state index contributed by atoms with van der Waals surface area (Å²) in [6.45, 7) is 5.11. The third-order valence-electron chi connectivity index (χ3n) is 9.01. The third kappa shape index (κ3) is 5.48. The summed E-state index contributed by atoms with van der Waals surface area (Å²) in [5.74, 6) is -1.28. The molecule has 0 radical (unpaired) electrons. The molecule has 0 saturated heterocycles. The second-order valence-electron chi connectivity index (χ2n) is 12.2. The van der Waals surface area contributed by atoms with Crippen LogP contribution >= 0.6 is 0 Å². The molecular weight excluding hydrogens is 626 g/mol. The molecule has 0 spiro atoms. The number of hydrogen-bond acceptors (Lipinski definition) is 10. The van der Waals surface area contributed by atoms with Crippen LogP contribution in [0.25, 0.3) is 32.9 Å². The fourth-order valence-electron chi connectivity index (χ4n) is 6.70. The standard InChI is InChI=1S/C36H31N7O6/c1-20(41-33(44)26-8-3-6-22-14-24(32-39-10-5-11-40-32)16-28(30(22)26)35(41)46)18-37-12-13-38-19-21(2)42-34(45)27-9-4-7-23-15-25(43(48)49)17-29(31(23)27)36(42)47/h3-11,14-17,20-21,37-38H,12-13,18-19H2,1-2H3/t20-,21?/m0/s1. The van der Waals surface area contributed by atoms with Gasteiger partial charge >= 0.3 is 0 Å². The molecule has 0 aliphatic carbocycles. The van der Waals surface area contributed by atoms with E-state index in [1.54, 1.807) is 61.8 Å². The van der Waals surface area contributed by atoms with Gasteiger partial charge in [0.15, 0.2) is 5.82 Å². The van der Waals surface area contributed by atoms with E-state index >= 15 is 0 Å². The first-order valence-corrected chi connectivity index (χ1v) is 15.9. The number of aromatic nitrogens is 2. The Balaban J connectivity index is 0.971. The Morgan fingerprint density at radius 1 is 0.673 bits per heavy atom. The summed E-state index contributed by atoms with van der Waals surface area (Å²) in [6, 6.07) is 17.3. The van der Waals surface area contributed by atoms with Gasteiger partial charge in [0.25, 0.3) is 29.3 Å². The first-order valence-electron chi connectivity index (χ1n) is 15.9. The molecule has 0 bridgehead atoms. The largest absolute Gasteiger partial charge is 0.313 e. The van der Waals surface area contributed by atoms with Gasteiger partial charge < -0.3 is 10.6 Å². The molecule has 1 unspecified atom stereocenters. The van der Waals surface area contributed by atoms with Crippen molar-refractivity contribution in [3.8, 4) is 11.4 Å². The van der Waals surface area contributed by atoms with E-state index in [9.17, 15) is 29.3 Å². The quantitative estimate of drug-likeness (QED) is 0.0909. The highest BCUT2D eigenvalue weighted by molar-refractivity contribution is 6.27. The molecule has 2 aliphatic heterocycles. The summed E-state index contributed by atoms with van der Waals surface area (Å²) < 4.78 is 0. The highest BCUT2D eigenvalue weighted by Gasteiger charge is 2.38. The van der Waals surface area contributed by atoms with Crippen molar-refractivity contribution in [2.24, 2.45) is 0 Å². The number of rotatable bonds is 11. The van der Waals surface area contributed by atoms with Crippen molar-refractivity contribution in [1.82, 2.24) is 30.4 Å². The van der Waals surface area contributed by atoms with Crippen LogP contribution in [-0.4, -0.2) is 86.6 Å². The minimum absolute atomic E-state index is 0.132. The zero-order chi connectivity index (χ0) is 34.4. The van der Waals surface area contributed by atoms with Crippen LogP contribution in [0.1, 0.15) is 55.3 Å². The van der Waals surface area contributed by atoms with E-state index in [0.717, 1.165) is 10.3 Å². The number of benzene rings is 4. The molecule has 4 amide bonds. The monoisotopic (exact) mass is 657 g/mol. The predicted octanol–water partition coefficient (Wildman–Crippen LogP) is 4.21. The molecule has 2 atom stereocenters. The zero-order valence-electron chi connectivity index (χ0n) is 26.7. The number of nitro groups is 1. The van der Waals surface area contributed by atoms with Gasteiger partial charge in [0, 0.05) is 95.8 Å². The molecule has 0 saturated carbocycles. The van der Waals surface area contributed by atoms with Crippen molar-refractivity contribution < 1.29 is 24.1 Å². The lowest BCUT2D eigenvalue weighted by molar-refractivity contribution is -0.384. The molecule has 7 rings (SSSR count). The summed E-state index contributed by atoms with van der Waals surface area (Å²) >= 11 is 0. The number of non-ortho nitro benzene ring substituents is 1. The highest BCUT2D eigenvalue weighted by atomic mass is 16.6. The molecule has 5 aromatic rings. The minimum atomic E-state index is -0.574. The van der Waals surface area contributed by atoms with E-state index < -0.39 is 28.8 Å². The summed E-state index contributed by atoms with van der Waals surface area (Å²) in [4.78, 5) is 76.2. The van der Waals surface area contributed by atoms with Crippen LogP contribution in [0, 0.1) is 10.1 Å². The maximum absolute atomic E-state index is 13.8. The van der Waals surface area contributed by atoms with Crippen LogP contribution in [0.15, 0.2) is 79.1 Å². The van der Waals surface area contributed by atoms with Crippen molar-refractivity contribution in [3.05, 3.63) is 111 Å². The van der Waals surface area contributed by atoms with Gasteiger partial charge in [0.05, 0.1) is 10.5 Å². The Morgan fingerprint density at radius 2 is 1.16 bits per heavy atom. The minimum Gasteiger partial charge on any atom is -0.313 e. The maximum atomic E-state index is 13.8. The molecule has 3 heterocycles. The summed E-state index contributed by atoms with van der Waals surface area (Å²) in [5, 5.41) is 20.3. The topological polar surface area (TPSA) is 168 Å². The van der Waals surface area contributed by atoms with Gasteiger partial charge in [-0.25, -0.2) is 9.97 Å². The van der Waals surface area contributed by atoms with E-state index in [4.69, 9.17) is 0 Å². The summed E-state index contributed by atoms with van der Waals surface area (Å²) in [7, 11) is 0. The first-order chi connectivity index (χ1) is 23.7. The van der Waals surface area contributed by atoms with Gasteiger partial charge in [-0.2, -0.15) is 0 Å².